The quantitative estimate of drug-likeness (QED) is 0.692. The van der Waals surface area contributed by atoms with Gasteiger partial charge in [0.2, 0.25) is 0 Å². The first-order valence-corrected chi connectivity index (χ1v) is 4.62. The minimum Gasteiger partial charge on any atom is -0.480 e. The van der Waals surface area contributed by atoms with Crippen molar-refractivity contribution in [2.24, 2.45) is 5.73 Å². The van der Waals surface area contributed by atoms with E-state index in [1.54, 1.807) is 18.3 Å². The summed E-state index contributed by atoms with van der Waals surface area (Å²) in [5.74, 6) is -0.904. The van der Waals surface area contributed by atoms with Gasteiger partial charge in [0.1, 0.15) is 5.25 Å². The summed E-state index contributed by atoms with van der Waals surface area (Å²) in [5.41, 5.74) is 5.29. The Morgan fingerprint density at radius 1 is 1.69 bits per heavy atom. The van der Waals surface area contributed by atoms with Crippen molar-refractivity contribution in [2.45, 2.75) is 10.3 Å². The monoisotopic (exact) mass is 198 g/mol. The number of thioether (sulfide) groups is 1. The van der Waals surface area contributed by atoms with Crippen LogP contribution in [0.4, 0.5) is 0 Å². The maximum absolute atomic E-state index is 10.6. The summed E-state index contributed by atoms with van der Waals surface area (Å²) in [7, 11) is 0. The van der Waals surface area contributed by atoms with Gasteiger partial charge in [-0.25, -0.2) is 4.98 Å². The number of aromatic nitrogens is 1. The van der Waals surface area contributed by atoms with Crippen LogP contribution in [0.25, 0.3) is 0 Å². The highest BCUT2D eigenvalue weighted by Crippen LogP contribution is 2.19. The van der Waals surface area contributed by atoms with Crippen molar-refractivity contribution in [1.82, 2.24) is 4.98 Å². The van der Waals surface area contributed by atoms with Gasteiger partial charge < -0.3 is 10.8 Å². The topological polar surface area (TPSA) is 76.2 Å². The molecule has 3 N–H and O–H groups in total. The number of carbonyl (C=O) groups is 1. The SMILES string of the molecule is NCC(Sc1ccccn1)C(=O)O. The first-order chi connectivity index (χ1) is 6.24. The molecular weight excluding hydrogens is 188 g/mol. The highest BCUT2D eigenvalue weighted by molar-refractivity contribution is 8.00. The predicted octanol–water partition coefficient (Wildman–Crippen LogP) is 0.586. The van der Waals surface area contributed by atoms with Gasteiger partial charge in [-0.05, 0) is 12.1 Å². The van der Waals surface area contributed by atoms with Gasteiger partial charge in [0.05, 0.1) is 5.03 Å². The van der Waals surface area contributed by atoms with E-state index in [0.717, 1.165) is 11.8 Å². The molecule has 4 nitrogen and oxygen atoms in total. The molecule has 1 aromatic heterocycles. The second-order valence-electron chi connectivity index (χ2n) is 2.35. The van der Waals surface area contributed by atoms with E-state index in [4.69, 9.17) is 10.8 Å². The Kier molecular flexibility index (Phi) is 3.72. The zero-order chi connectivity index (χ0) is 9.68. The van der Waals surface area contributed by atoms with Crippen molar-refractivity contribution in [2.75, 3.05) is 6.54 Å². The van der Waals surface area contributed by atoms with Crippen molar-refractivity contribution in [3.8, 4) is 0 Å². The lowest BCUT2D eigenvalue weighted by molar-refractivity contribution is -0.136. The van der Waals surface area contributed by atoms with Crippen LogP contribution in [0.15, 0.2) is 29.4 Å². The van der Waals surface area contributed by atoms with E-state index in [1.165, 1.54) is 0 Å². The molecule has 5 heteroatoms. The summed E-state index contributed by atoms with van der Waals surface area (Å²) in [6.45, 7) is 0.108. The Bertz CT molecular complexity index is 279. The van der Waals surface area contributed by atoms with Gasteiger partial charge >= 0.3 is 5.97 Å². The predicted molar refractivity (Wildman–Crippen MR) is 50.6 cm³/mol. The number of nitrogens with two attached hydrogens (primary N) is 1. The largest absolute Gasteiger partial charge is 0.480 e. The average molecular weight is 198 g/mol. The Morgan fingerprint density at radius 2 is 2.46 bits per heavy atom. The standard InChI is InChI=1S/C8H10N2O2S/c9-5-6(8(11)12)13-7-3-1-2-4-10-7/h1-4,6H,5,9H2,(H,11,12). The summed E-state index contributed by atoms with van der Waals surface area (Å²) in [4.78, 5) is 14.6. The molecule has 1 unspecified atom stereocenters. The number of hydrogen-bond acceptors (Lipinski definition) is 4. The van der Waals surface area contributed by atoms with Crippen LogP contribution >= 0.6 is 11.8 Å². The Labute approximate surface area is 80.2 Å². The smallest absolute Gasteiger partial charge is 0.318 e. The van der Waals surface area contributed by atoms with Gasteiger partial charge in [0, 0.05) is 12.7 Å². The lowest BCUT2D eigenvalue weighted by Gasteiger charge is -2.07. The van der Waals surface area contributed by atoms with E-state index in [1.807, 2.05) is 6.07 Å². The molecule has 0 aromatic carbocycles. The Morgan fingerprint density at radius 3 is 2.92 bits per heavy atom. The van der Waals surface area contributed by atoms with Gasteiger partial charge in [-0.2, -0.15) is 0 Å². The number of aliphatic carboxylic acids is 1. The van der Waals surface area contributed by atoms with Crippen LogP contribution in [0.5, 0.6) is 0 Å². The number of rotatable bonds is 4. The minimum atomic E-state index is -0.904. The van der Waals surface area contributed by atoms with Crippen LogP contribution < -0.4 is 5.73 Å². The van der Waals surface area contributed by atoms with Crippen LogP contribution in [-0.4, -0.2) is 27.9 Å². The third-order valence-corrected chi connectivity index (χ3v) is 2.55. The van der Waals surface area contributed by atoms with E-state index in [2.05, 4.69) is 4.98 Å². The van der Waals surface area contributed by atoms with E-state index < -0.39 is 11.2 Å². The van der Waals surface area contributed by atoms with Crippen LogP contribution in [0.3, 0.4) is 0 Å². The fourth-order valence-corrected chi connectivity index (χ4v) is 1.53. The summed E-state index contributed by atoms with van der Waals surface area (Å²) >= 11 is 1.16. The maximum Gasteiger partial charge on any atom is 0.318 e. The molecule has 0 aliphatic carbocycles. The van der Waals surface area contributed by atoms with Gasteiger partial charge in [0.25, 0.3) is 0 Å². The molecule has 1 aromatic rings. The first-order valence-electron chi connectivity index (χ1n) is 3.74. The summed E-state index contributed by atoms with van der Waals surface area (Å²) < 4.78 is 0. The Balaban J connectivity index is 2.62. The third-order valence-electron chi connectivity index (χ3n) is 1.39. The average Bonchev–Trinajstić information content (AvgIpc) is 2.15. The lowest BCUT2D eigenvalue weighted by Crippen LogP contribution is -2.25. The molecule has 13 heavy (non-hydrogen) atoms. The zero-order valence-electron chi connectivity index (χ0n) is 6.88. The van der Waals surface area contributed by atoms with Gasteiger partial charge in [0.15, 0.2) is 0 Å². The molecule has 0 spiro atoms. The molecule has 0 fully saturated rings. The van der Waals surface area contributed by atoms with Crippen LogP contribution in [0.2, 0.25) is 0 Å². The molecule has 0 aliphatic heterocycles. The molecular formula is C8H10N2O2S. The molecule has 70 valence electrons. The van der Waals surface area contributed by atoms with E-state index in [9.17, 15) is 4.79 Å². The number of carboxylic acid groups (broad SMARTS) is 1. The van der Waals surface area contributed by atoms with Crippen LogP contribution in [0.1, 0.15) is 0 Å². The van der Waals surface area contributed by atoms with E-state index in [-0.39, 0.29) is 6.54 Å². The van der Waals surface area contributed by atoms with Crippen molar-refractivity contribution in [3.05, 3.63) is 24.4 Å². The molecule has 0 radical (unpaired) electrons. The van der Waals surface area contributed by atoms with Crippen molar-refractivity contribution in [3.63, 3.8) is 0 Å². The number of pyridine rings is 1. The first kappa shape index (κ1) is 10.0. The second-order valence-corrected chi connectivity index (χ2v) is 3.57. The highest BCUT2D eigenvalue weighted by atomic mass is 32.2. The molecule has 0 aliphatic rings. The van der Waals surface area contributed by atoms with Gasteiger partial charge in [-0.1, -0.05) is 17.8 Å². The molecule has 0 saturated carbocycles. The Hall–Kier alpha value is -1.07. The second kappa shape index (κ2) is 4.84. The number of carboxylic acids is 1. The van der Waals surface area contributed by atoms with Crippen molar-refractivity contribution < 1.29 is 9.90 Å². The third kappa shape index (κ3) is 3.04. The molecule has 0 bridgehead atoms. The molecule has 1 heterocycles. The normalized spacial score (nSPS) is 12.4. The molecule has 0 saturated heterocycles. The fourth-order valence-electron chi connectivity index (χ4n) is 0.762. The van der Waals surface area contributed by atoms with E-state index >= 15 is 0 Å². The van der Waals surface area contributed by atoms with Crippen LogP contribution in [-0.2, 0) is 4.79 Å². The molecule has 1 atom stereocenters. The highest BCUT2D eigenvalue weighted by Gasteiger charge is 2.16. The number of nitrogens with zero attached hydrogens (tertiary/aromatic N) is 1. The summed E-state index contributed by atoms with van der Waals surface area (Å²) in [6.07, 6.45) is 1.62. The van der Waals surface area contributed by atoms with Gasteiger partial charge in [-0.15, -0.1) is 0 Å². The molecule has 0 amide bonds. The van der Waals surface area contributed by atoms with E-state index in [0.29, 0.717) is 5.03 Å². The van der Waals surface area contributed by atoms with Crippen LogP contribution in [0, 0.1) is 0 Å². The number of hydrogen-bond donors (Lipinski definition) is 2. The summed E-state index contributed by atoms with van der Waals surface area (Å²) in [5, 5.41) is 8.77. The zero-order valence-corrected chi connectivity index (χ0v) is 7.70. The minimum absolute atomic E-state index is 0.108. The maximum atomic E-state index is 10.6. The summed E-state index contributed by atoms with van der Waals surface area (Å²) in [6, 6.07) is 5.35. The molecule has 1 rings (SSSR count). The van der Waals surface area contributed by atoms with Gasteiger partial charge in [-0.3, -0.25) is 4.79 Å². The lowest BCUT2D eigenvalue weighted by atomic mass is 10.4. The van der Waals surface area contributed by atoms with Crippen molar-refractivity contribution in [1.29, 1.82) is 0 Å². The fraction of sp³-hybridized carbons (Fsp3) is 0.250. The van der Waals surface area contributed by atoms with Crippen molar-refractivity contribution >= 4 is 17.7 Å².